The minimum absolute atomic E-state index is 0.0190. The number of hydrogen-bond acceptors (Lipinski definition) is 9. The third-order valence-corrected chi connectivity index (χ3v) is 9.40. The number of hydrogen-bond donors (Lipinski definition) is 2. The first kappa shape index (κ1) is 31.1. The van der Waals surface area contributed by atoms with Crippen molar-refractivity contribution in [3.63, 3.8) is 0 Å². The molecule has 2 unspecified atom stereocenters. The largest absolute Gasteiger partial charge is 0.467 e. The van der Waals surface area contributed by atoms with Crippen LogP contribution >= 0.6 is 22.9 Å². The molecule has 0 saturated carbocycles. The fourth-order valence-corrected chi connectivity index (χ4v) is 7.34. The molecule has 2 aromatic carbocycles. The number of nitrogens with two attached hydrogens (primary N) is 1. The second-order valence-corrected chi connectivity index (χ2v) is 12.2. The minimum atomic E-state index is -0.700. The number of nitrogens with one attached hydrogen (secondary N) is 1. The highest BCUT2D eigenvalue weighted by molar-refractivity contribution is 7.23. The molecule has 3 fully saturated rings. The zero-order valence-corrected chi connectivity index (χ0v) is 26.4. The third kappa shape index (κ3) is 5.94. The molecule has 2 atom stereocenters. The summed E-state index contributed by atoms with van der Waals surface area (Å²) in [4.78, 5) is 13.3. The lowest BCUT2D eigenvalue weighted by Gasteiger charge is -2.34. The Morgan fingerprint density at radius 3 is 2.40 bits per heavy atom. The summed E-state index contributed by atoms with van der Waals surface area (Å²) in [5.41, 5.74) is 6.39. The number of piperazine rings is 1. The molecule has 3 saturated heterocycles. The van der Waals surface area contributed by atoms with Gasteiger partial charge in [-0.3, -0.25) is 0 Å². The summed E-state index contributed by atoms with van der Waals surface area (Å²) in [6.45, 7) is 8.09. The maximum Gasteiger partial charge on any atom is 0.318 e. The molecule has 2 aromatic heterocycles. The van der Waals surface area contributed by atoms with Crippen molar-refractivity contribution in [3.05, 3.63) is 40.4 Å². The maximum absolute atomic E-state index is 16.3. The van der Waals surface area contributed by atoms with Crippen LogP contribution in [0.5, 0.6) is 6.01 Å². The Kier molecular flexibility index (Phi) is 9.51. The van der Waals surface area contributed by atoms with Crippen molar-refractivity contribution in [2.75, 3.05) is 51.0 Å². The van der Waals surface area contributed by atoms with Gasteiger partial charge in [-0.1, -0.05) is 31.5 Å². The molecule has 5 heterocycles. The Labute approximate surface area is 259 Å². The Balaban J connectivity index is 0.000000406. The number of thiophene rings is 1. The maximum atomic E-state index is 16.3. The molecule has 2 bridgehead atoms. The molecule has 228 valence electrons. The summed E-state index contributed by atoms with van der Waals surface area (Å²) in [5.74, 6) is -0.688. The molecular weight excluding hydrogens is 592 g/mol. The molecule has 0 radical (unpaired) electrons. The second-order valence-electron chi connectivity index (χ2n) is 10.8. The molecule has 43 heavy (non-hydrogen) atoms. The van der Waals surface area contributed by atoms with Crippen LogP contribution in [0.3, 0.4) is 0 Å². The van der Waals surface area contributed by atoms with Crippen molar-refractivity contribution in [1.29, 1.82) is 5.26 Å². The van der Waals surface area contributed by atoms with E-state index < -0.39 is 11.6 Å². The third-order valence-electron chi connectivity index (χ3n) is 8.07. The highest BCUT2D eigenvalue weighted by atomic mass is 35.5. The van der Waals surface area contributed by atoms with E-state index in [1.165, 1.54) is 45.2 Å². The molecule has 7 rings (SSSR count). The number of rotatable bonds is 3. The summed E-state index contributed by atoms with van der Waals surface area (Å²) in [5, 5.41) is 14.2. The molecule has 3 N–H and O–H groups in total. The molecular formula is C31H36ClF2N7OS. The van der Waals surface area contributed by atoms with Gasteiger partial charge in [0.2, 0.25) is 0 Å². The number of benzene rings is 2. The summed E-state index contributed by atoms with van der Waals surface area (Å²) in [6, 6.07) is 6.98. The molecule has 4 aromatic rings. The smallest absolute Gasteiger partial charge is 0.318 e. The van der Waals surface area contributed by atoms with Crippen LogP contribution in [-0.4, -0.2) is 67.3 Å². The number of nitriles is 1. The normalized spacial score (nSPS) is 19.5. The number of likely N-dealkylation sites (tertiary alicyclic amines) is 1. The van der Waals surface area contributed by atoms with Crippen molar-refractivity contribution >= 4 is 54.7 Å². The van der Waals surface area contributed by atoms with Crippen molar-refractivity contribution in [2.45, 2.75) is 51.6 Å². The molecule has 0 aliphatic carbocycles. The van der Waals surface area contributed by atoms with Gasteiger partial charge in [0.05, 0.1) is 22.4 Å². The number of fused-ring (bicyclic) bond motifs is 4. The number of ether oxygens (including phenoxy) is 1. The Morgan fingerprint density at radius 2 is 1.81 bits per heavy atom. The highest BCUT2D eigenvalue weighted by Crippen LogP contribution is 2.45. The van der Waals surface area contributed by atoms with Crippen LogP contribution < -0.4 is 20.7 Å². The van der Waals surface area contributed by atoms with Crippen LogP contribution in [0.2, 0.25) is 5.02 Å². The number of nitrogens with zero attached hydrogens (tertiary/aromatic N) is 5. The van der Waals surface area contributed by atoms with E-state index in [1.807, 2.05) is 19.9 Å². The summed E-state index contributed by atoms with van der Waals surface area (Å²) < 4.78 is 36.3. The van der Waals surface area contributed by atoms with Gasteiger partial charge in [-0.25, -0.2) is 8.78 Å². The standard InChI is InChI=1S/C24H19ClF2N6OS.C5H11N.C2H6/c1-34-24-31-20-13(23(32-24)33-8-10-2-3-11(9-33)30-10)6-15(25)18(19(20)27)12-4-5-16(26)21-17(12)14(7-28)22(29)35-21;1-6-4-2-3-5-6;1-2/h4-6,10-11,30H,2-3,8-9,29H2,1H3;2-5H2,1H3;1-2H3. The van der Waals surface area contributed by atoms with Crippen LogP contribution in [0.15, 0.2) is 18.2 Å². The quantitative estimate of drug-likeness (QED) is 0.262. The van der Waals surface area contributed by atoms with Crippen LogP contribution in [-0.2, 0) is 0 Å². The monoisotopic (exact) mass is 627 g/mol. The zero-order valence-electron chi connectivity index (χ0n) is 24.8. The lowest BCUT2D eigenvalue weighted by atomic mass is 9.97. The Bertz CT molecular complexity index is 1670. The molecule has 0 amide bonds. The highest BCUT2D eigenvalue weighted by Gasteiger charge is 2.34. The summed E-state index contributed by atoms with van der Waals surface area (Å²) >= 11 is 7.62. The number of methoxy groups -OCH3 is 1. The number of anilines is 2. The number of aromatic nitrogens is 2. The SMILES string of the molecule is CC.CN1CCCC1.COc1nc(N2CC3CCC(C2)N3)c2cc(Cl)c(-c3ccc(F)c4sc(N)c(C#N)c34)c(F)c2n1. The summed E-state index contributed by atoms with van der Waals surface area (Å²) in [7, 11) is 3.60. The first-order chi connectivity index (χ1) is 20.8. The topological polar surface area (TPSA) is 103 Å². The van der Waals surface area contributed by atoms with Gasteiger partial charge in [0.1, 0.15) is 28.2 Å². The molecule has 0 spiro atoms. The van der Waals surface area contributed by atoms with Gasteiger partial charge < -0.3 is 25.6 Å². The molecule has 3 aliphatic rings. The van der Waals surface area contributed by atoms with Gasteiger partial charge in [0.15, 0.2) is 5.82 Å². The lowest BCUT2D eigenvalue weighted by Crippen LogP contribution is -2.51. The minimum Gasteiger partial charge on any atom is -0.467 e. The average Bonchev–Trinajstić information content (AvgIpc) is 3.73. The first-order valence-corrected chi connectivity index (χ1v) is 15.8. The van der Waals surface area contributed by atoms with Gasteiger partial charge in [-0.05, 0) is 63.5 Å². The van der Waals surface area contributed by atoms with Gasteiger partial charge in [-0.2, -0.15) is 15.2 Å². The zero-order chi connectivity index (χ0) is 30.8. The second kappa shape index (κ2) is 13.1. The van der Waals surface area contributed by atoms with E-state index in [0.717, 1.165) is 37.3 Å². The van der Waals surface area contributed by atoms with E-state index in [9.17, 15) is 9.65 Å². The van der Waals surface area contributed by atoms with E-state index in [2.05, 4.69) is 32.1 Å². The van der Waals surface area contributed by atoms with E-state index in [0.29, 0.717) is 23.3 Å². The van der Waals surface area contributed by atoms with Crippen LogP contribution in [0.25, 0.3) is 32.1 Å². The van der Waals surface area contributed by atoms with E-state index in [-0.39, 0.29) is 48.3 Å². The van der Waals surface area contributed by atoms with Crippen LogP contribution in [0.1, 0.15) is 45.1 Å². The fraction of sp³-hybridized carbons (Fsp3) is 0.452. The predicted octanol–water partition coefficient (Wildman–Crippen LogP) is 6.58. The Hall–Kier alpha value is -3.30. The van der Waals surface area contributed by atoms with Gasteiger partial charge in [-0.15, -0.1) is 11.3 Å². The molecule has 8 nitrogen and oxygen atoms in total. The number of halogens is 3. The summed E-state index contributed by atoms with van der Waals surface area (Å²) in [6.07, 6.45) is 4.98. The van der Waals surface area contributed by atoms with Crippen molar-refractivity contribution in [2.24, 2.45) is 0 Å². The van der Waals surface area contributed by atoms with Crippen molar-refractivity contribution in [3.8, 4) is 23.2 Å². The van der Waals surface area contributed by atoms with Crippen molar-refractivity contribution < 1.29 is 13.5 Å². The van der Waals surface area contributed by atoms with Gasteiger partial charge in [0, 0.05) is 41.5 Å². The van der Waals surface area contributed by atoms with Crippen molar-refractivity contribution in [1.82, 2.24) is 20.2 Å². The first-order valence-electron chi connectivity index (χ1n) is 14.6. The van der Waals surface area contributed by atoms with Gasteiger partial charge in [0.25, 0.3) is 0 Å². The van der Waals surface area contributed by atoms with E-state index in [1.54, 1.807) is 6.07 Å². The lowest BCUT2D eigenvalue weighted by molar-refractivity contribution is 0.380. The number of nitrogen functional groups attached to an aromatic ring is 1. The van der Waals surface area contributed by atoms with Crippen LogP contribution in [0, 0.1) is 23.0 Å². The van der Waals surface area contributed by atoms with E-state index in [4.69, 9.17) is 22.1 Å². The van der Waals surface area contributed by atoms with Crippen LogP contribution in [0.4, 0.5) is 19.6 Å². The van der Waals surface area contributed by atoms with E-state index >= 15 is 4.39 Å². The predicted molar refractivity (Wildman–Crippen MR) is 171 cm³/mol. The molecule has 3 aliphatic heterocycles. The molecule has 12 heteroatoms. The van der Waals surface area contributed by atoms with Gasteiger partial charge >= 0.3 is 6.01 Å². The Morgan fingerprint density at radius 1 is 1.14 bits per heavy atom. The fourth-order valence-electron chi connectivity index (χ4n) is 6.09. The average molecular weight is 628 g/mol.